The summed E-state index contributed by atoms with van der Waals surface area (Å²) in [6, 6.07) is -0.103. The zero-order chi connectivity index (χ0) is 11.4. The Morgan fingerprint density at radius 3 is 2.60 bits per heavy atom. The lowest BCUT2D eigenvalue weighted by Crippen LogP contribution is -2.47. The fraction of sp³-hybridized carbons (Fsp3) is 0.750. The highest BCUT2D eigenvalue weighted by Crippen LogP contribution is 2.21. The van der Waals surface area contributed by atoms with Crippen molar-refractivity contribution in [3.63, 3.8) is 0 Å². The van der Waals surface area contributed by atoms with Gasteiger partial charge in [-0.1, -0.05) is 22.6 Å². The number of amides is 1. The summed E-state index contributed by atoms with van der Waals surface area (Å²) in [5, 5.41) is 8.74. The number of carbonyl (C=O) groups is 2. The van der Waals surface area contributed by atoms with Gasteiger partial charge in [-0.05, 0) is 6.32 Å². The second-order valence-corrected chi connectivity index (χ2v) is 4.99. The molecule has 0 unspecified atom stereocenters. The Kier molecular flexibility index (Phi) is 4.84. The van der Waals surface area contributed by atoms with E-state index in [1.165, 1.54) is 4.90 Å². The lowest BCUT2D eigenvalue weighted by Gasteiger charge is -2.28. The van der Waals surface area contributed by atoms with E-state index in [-0.39, 0.29) is 22.4 Å². The van der Waals surface area contributed by atoms with Crippen molar-refractivity contribution < 1.29 is 19.4 Å². The number of aliphatic carboxylic acids is 1. The molecule has 1 amide bonds. The predicted molar refractivity (Wildman–Crippen MR) is 65.1 cm³/mol. The van der Waals surface area contributed by atoms with Crippen LogP contribution in [0.2, 0.25) is 6.32 Å². The maximum atomic E-state index is 11.6. The molecule has 7 heteroatoms. The lowest BCUT2D eigenvalue weighted by atomic mass is 10.0. The van der Waals surface area contributed by atoms with Crippen LogP contribution in [0.1, 0.15) is 0 Å². The largest absolute Gasteiger partial charge is 0.480 e. The molecule has 84 valence electrons. The Hall–Kier alpha value is -0.305. The summed E-state index contributed by atoms with van der Waals surface area (Å²) in [6.45, 7) is 0.783. The molecule has 5 nitrogen and oxygen atoms in total. The van der Waals surface area contributed by atoms with E-state index in [4.69, 9.17) is 9.84 Å². The number of carboxylic acid groups (broad SMARTS) is 1. The van der Waals surface area contributed by atoms with E-state index < -0.39 is 5.97 Å². The highest BCUT2D eigenvalue weighted by molar-refractivity contribution is 14.1. The van der Waals surface area contributed by atoms with Gasteiger partial charge in [-0.2, -0.15) is 0 Å². The summed E-state index contributed by atoms with van der Waals surface area (Å²) in [5.74, 6) is -1.11. The first kappa shape index (κ1) is 12.8. The summed E-state index contributed by atoms with van der Waals surface area (Å²) >= 11 is 2.19. The third-order valence-corrected chi connectivity index (χ3v) is 3.50. The fourth-order valence-electron chi connectivity index (χ4n) is 1.54. The van der Waals surface area contributed by atoms with Gasteiger partial charge in [0.2, 0.25) is 5.91 Å². The Morgan fingerprint density at radius 1 is 1.53 bits per heavy atom. The molecule has 15 heavy (non-hydrogen) atoms. The zero-order valence-corrected chi connectivity index (χ0v) is 10.6. The molecule has 0 aliphatic carbocycles. The molecule has 2 atom stereocenters. The third-order valence-electron chi connectivity index (χ3n) is 2.31. The topological polar surface area (TPSA) is 66.8 Å². The summed E-state index contributed by atoms with van der Waals surface area (Å²) in [4.78, 5) is 23.6. The number of hydrogen-bond acceptors (Lipinski definition) is 3. The Balaban J connectivity index is 2.70. The van der Waals surface area contributed by atoms with Crippen LogP contribution in [0.4, 0.5) is 0 Å². The van der Waals surface area contributed by atoms with E-state index in [0.29, 0.717) is 19.5 Å². The molecule has 1 aliphatic rings. The number of carbonyl (C=O) groups excluding carboxylic acids is 1. The molecular weight excluding hydrogens is 312 g/mol. The van der Waals surface area contributed by atoms with Crippen LogP contribution in [-0.2, 0) is 14.3 Å². The maximum absolute atomic E-state index is 11.6. The monoisotopic (exact) mass is 325 g/mol. The van der Waals surface area contributed by atoms with Gasteiger partial charge < -0.3 is 14.7 Å². The van der Waals surface area contributed by atoms with E-state index in [1.54, 1.807) is 7.85 Å². The number of carboxylic acids is 1. The van der Waals surface area contributed by atoms with E-state index >= 15 is 0 Å². The maximum Gasteiger partial charge on any atom is 0.323 e. The van der Waals surface area contributed by atoms with Gasteiger partial charge in [-0.25, -0.2) is 0 Å². The number of halogens is 1. The first-order valence-corrected chi connectivity index (χ1v) is 6.04. The third kappa shape index (κ3) is 3.34. The summed E-state index contributed by atoms with van der Waals surface area (Å²) < 4.78 is 5.41. The first-order valence-electron chi connectivity index (χ1n) is 4.79. The summed E-state index contributed by atoms with van der Waals surface area (Å²) in [5.41, 5.74) is 0. The normalized spacial score (nSPS) is 25.1. The van der Waals surface area contributed by atoms with Crippen molar-refractivity contribution in [1.29, 1.82) is 0 Å². The van der Waals surface area contributed by atoms with Crippen molar-refractivity contribution in [2.45, 2.75) is 16.3 Å². The van der Waals surface area contributed by atoms with Crippen LogP contribution in [0.5, 0.6) is 0 Å². The van der Waals surface area contributed by atoms with Crippen molar-refractivity contribution in [3.8, 4) is 0 Å². The van der Waals surface area contributed by atoms with Crippen molar-refractivity contribution in [3.05, 3.63) is 0 Å². The van der Waals surface area contributed by atoms with Crippen molar-refractivity contribution >= 4 is 42.3 Å². The van der Waals surface area contributed by atoms with Crippen molar-refractivity contribution in [2.24, 2.45) is 0 Å². The van der Waals surface area contributed by atoms with Gasteiger partial charge in [0.15, 0.2) is 0 Å². The van der Waals surface area contributed by atoms with Gasteiger partial charge in [0.1, 0.15) is 14.4 Å². The number of ether oxygens (including phenoxy) is 1. The van der Waals surface area contributed by atoms with E-state index in [1.807, 2.05) is 0 Å². The molecule has 1 heterocycles. The number of rotatable bonds is 4. The number of nitrogens with zero attached hydrogens (tertiary/aromatic N) is 1. The number of hydrogen-bond donors (Lipinski definition) is 1. The highest BCUT2D eigenvalue weighted by atomic mass is 127. The van der Waals surface area contributed by atoms with Crippen molar-refractivity contribution in [1.82, 2.24) is 4.90 Å². The highest BCUT2D eigenvalue weighted by Gasteiger charge is 2.34. The molecule has 0 spiro atoms. The molecule has 1 fully saturated rings. The lowest BCUT2D eigenvalue weighted by molar-refractivity contribution is -0.145. The Bertz CT molecular complexity index is 263. The molecular formula is C8H13BINO4. The van der Waals surface area contributed by atoms with Crippen LogP contribution in [0.25, 0.3) is 0 Å². The molecule has 0 saturated carbocycles. The fourth-order valence-corrected chi connectivity index (χ4v) is 2.39. The van der Waals surface area contributed by atoms with Gasteiger partial charge in [-0.3, -0.25) is 9.59 Å². The van der Waals surface area contributed by atoms with E-state index in [9.17, 15) is 9.59 Å². The molecule has 1 rings (SSSR count). The standard InChI is InChI=1S/C8H13BINO4/c9-1-7(12)11(2-8(13)14)6-4-15-3-5(6)10/h5-6H,1-4,9H2,(H,13,14)/t5-,6-/m0/s1. The van der Waals surface area contributed by atoms with Gasteiger partial charge in [-0.15, -0.1) is 0 Å². The second kappa shape index (κ2) is 5.69. The van der Waals surface area contributed by atoms with Crippen LogP contribution in [-0.4, -0.2) is 59.5 Å². The Morgan fingerprint density at radius 2 is 2.20 bits per heavy atom. The first-order chi connectivity index (χ1) is 7.06. The van der Waals surface area contributed by atoms with Crippen LogP contribution in [0, 0.1) is 0 Å². The molecule has 1 aliphatic heterocycles. The van der Waals surface area contributed by atoms with Gasteiger partial charge in [0.05, 0.1) is 23.2 Å². The zero-order valence-electron chi connectivity index (χ0n) is 8.48. The molecule has 0 aromatic carbocycles. The van der Waals surface area contributed by atoms with Crippen LogP contribution >= 0.6 is 22.6 Å². The smallest absolute Gasteiger partial charge is 0.323 e. The molecule has 0 radical (unpaired) electrons. The minimum absolute atomic E-state index is 0.103. The summed E-state index contributed by atoms with van der Waals surface area (Å²) in [6.07, 6.45) is 0.327. The quantitative estimate of drug-likeness (QED) is 0.416. The Labute approximate surface area is 103 Å². The average molecular weight is 325 g/mol. The summed E-state index contributed by atoms with van der Waals surface area (Å²) in [7, 11) is 1.73. The minimum Gasteiger partial charge on any atom is -0.480 e. The SMILES string of the molecule is BCC(=O)N(CC(=O)O)[C@H]1COC[C@@H]1I. The average Bonchev–Trinajstić information content (AvgIpc) is 2.59. The predicted octanol–water partition coefficient (Wildman–Crippen LogP) is -0.847. The second-order valence-electron chi connectivity index (χ2n) is 3.39. The van der Waals surface area contributed by atoms with Crippen LogP contribution < -0.4 is 0 Å². The molecule has 1 saturated heterocycles. The number of alkyl halides is 1. The molecule has 0 aromatic heterocycles. The van der Waals surface area contributed by atoms with Gasteiger partial charge in [0, 0.05) is 0 Å². The molecule has 1 N–H and O–H groups in total. The van der Waals surface area contributed by atoms with E-state index in [0.717, 1.165) is 0 Å². The van der Waals surface area contributed by atoms with Crippen LogP contribution in [0.3, 0.4) is 0 Å². The minimum atomic E-state index is -0.979. The molecule has 0 bridgehead atoms. The molecule has 0 aromatic rings. The van der Waals surface area contributed by atoms with Gasteiger partial charge >= 0.3 is 5.97 Å². The van der Waals surface area contributed by atoms with Gasteiger partial charge in [0.25, 0.3) is 0 Å². The van der Waals surface area contributed by atoms with Crippen LogP contribution in [0.15, 0.2) is 0 Å². The van der Waals surface area contributed by atoms with E-state index in [2.05, 4.69) is 22.6 Å². The van der Waals surface area contributed by atoms with Crippen molar-refractivity contribution in [2.75, 3.05) is 19.8 Å².